The predicted molar refractivity (Wildman–Crippen MR) is 223 cm³/mol. The molecule has 0 radical (unpaired) electrons. The highest BCUT2D eigenvalue weighted by Crippen LogP contribution is 2.63. The summed E-state index contributed by atoms with van der Waals surface area (Å²) in [6.07, 6.45) is 3.62. The van der Waals surface area contributed by atoms with Crippen LogP contribution < -0.4 is 0 Å². The average molecular weight is 700 g/mol. The number of fused-ring (bicyclic) bond motifs is 10. The number of pyridine rings is 1. The highest BCUT2D eigenvalue weighted by molar-refractivity contribution is 5.96. The molecule has 0 unspecified atom stereocenters. The fraction of sp³-hybridized carbons (Fsp3) is 0.0192. The summed E-state index contributed by atoms with van der Waals surface area (Å²) in [6.45, 7) is 0. The monoisotopic (exact) mass is 699 g/mol. The molecular weight excluding hydrogens is 667 g/mol. The lowest BCUT2D eigenvalue weighted by Crippen LogP contribution is -2.25. The number of hydrogen-bond acceptors (Lipinski definition) is 3. The molecule has 1 spiro atoms. The van der Waals surface area contributed by atoms with E-state index in [0.29, 0.717) is 5.82 Å². The Morgan fingerprint density at radius 1 is 0.291 bits per heavy atom. The van der Waals surface area contributed by atoms with Gasteiger partial charge < -0.3 is 0 Å². The fourth-order valence-electron chi connectivity index (χ4n) is 8.94. The Balaban J connectivity index is 1.00. The third-order valence-electron chi connectivity index (χ3n) is 11.5. The zero-order valence-corrected chi connectivity index (χ0v) is 29.9. The van der Waals surface area contributed by atoms with Crippen molar-refractivity contribution in [3.63, 3.8) is 0 Å². The molecule has 7 aromatic carbocycles. The number of benzene rings is 7. The first kappa shape index (κ1) is 31.3. The molecule has 256 valence electrons. The lowest BCUT2D eigenvalue weighted by molar-refractivity contribution is 0.794. The molecule has 3 nitrogen and oxygen atoms in total. The molecule has 2 aliphatic rings. The molecule has 2 aliphatic carbocycles. The van der Waals surface area contributed by atoms with Gasteiger partial charge in [0.1, 0.15) is 0 Å². The molecule has 11 rings (SSSR count). The number of nitrogens with zero attached hydrogens (tertiary/aromatic N) is 3. The maximum Gasteiger partial charge on any atom is 0.160 e. The van der Waals surface area contributed by atoms with Gasteiger partial charge in [-0.05, 0) is 91.0 Å². The van der Waals surface area contributed by atoms with Gasteiger partial charge in [-0.15, -0.1) is 0 Å². The minimum atomic E-state index is -0.366. The van der Waals surface area contributed by atoms with Crippen LogP contribution in [0.25, 0.3) is 78.4 Å². The van der Waals surface area contributed by atoms with Gasteiger partial charge in [-0.3, -0.25) is 4.98 Å². The fourth-order valence-corrected chi connectivity index (χ4v) is 8.94. The topological polar surface area (TPSA) is 38.7 Å². The van der Waals surface area contributed by atoms with Crippen molar-refractivity contribution in [3.05, 3.63) is 223 Å². The van der Waals surface area contributed by atoms with Crippen molar-refractivity contribution in [1.82, 2.24) is 15.0 Å². The van der Waals surface area contributed by atoms with Crippen LogP contribution in [0.5, 0.6) is 0 Å². The minimum absolute atomic E-state index is 0.366. The van der Waals surface area contributed by atoms with Gasteiger partial charge in [0.15, 0.2) is 5.82 Å². The highest BCUT2D eigenvalue weighted by Gasteiger charge is 2.51. The summed E-state index contributed by atoms with van der Waals surface area (Å²) in [5.41, 5.74) is 19.7. The zero-order chi connectivity index (χ0) is 36.3. The predicted octanol–water partition coefficient (Wildman–Crippen LogP) is 12.6. The normalized spacial score (nSPS) is 12.9. The molecule has 2 heterocycles. The standard InChI is InChI=1S/C52H33N3/c1-2-10-34(11-3-1)35-20-24-39(25-21-35)51-54-49(33-50(55-51)38-28-30-53-31-29-38)37-22-18-36(19-23-37)40-26-27-44-43-14-6-9-17-47(43)52(48(44)32-40)45-15-7-4-12-41(45)42-13-5-8-16-46(42)52/h1-33H. The van der Waals surface area contributed by atoms with E-state index >= 15 is 0 Å². The summed E-state index contributed by atoms with van der Waals surface area (Å²) in [4.78, 5) is 14.4. The summed E-state index contributed by atoms with van der Waals surface area (Å²) in [6, 6.07) is 67.8. The Kier molecular flexibility index (Phi) is 7.08. The van der Waals surface area contributed by atoms with Gasteiger partial charge in [0, 0.05) is 29.1 Å². The van der Waals surface area contributed by atoms with Crippen molar-refractivity contribution in [1.29, 1.82) is 0 Å². The van der Waals surface area contributed by atoms with Crippen molar-refractivity contribution in [2.24, 2.45) is 0 Å². The molecule has 0 bridgehead atoms. The molecule has 0 saturated heterocycles. The third kappa shape index (κ3) is 4.87. The second-order valence-corrected chi connectivity index (χ2v) is 14.4. The Morgan fingerprint density at radius 2 is 0.709 bits per heavy atom. The Bertz CT molecular complexity index is 2830. The Labute approximate surface area is 320 Å². The van der Waals surface area contributed by atoms with E-state index in [1.54, 1.807) is 0 Å². The molecule has 55 heavy (non-hydrogen) atoms. The first-order chi connectivity index (χ1) is 27.3. The molecular formula is C52H33N3. The number of hydrogen-bond donors (Lipinski definition) is 0. The molecule has 9 aromatic rings. The summed E-state index contributed by atoms with van der Waals surface area (Å²) in [5, 5.41) is 0. The van der Waals surface area contributed by atoms with Crippen LogP contribution in [-0.4, -0.2) is 15.0 Å². The SMILES string of the molecule is c1ccc(-c2ccc(-c3nc(-c4ccncc4)cc(-c4ccc(-c5ccc6c(c5)C5(c7ccccc7-c7ccccc75)c5ccccc5-6)cc4)n3)cc2)cc1. The largest absolute Gasteiger partial charge is 0.265 e. The molecule has 3 heteroatoms. The molecule has 0 fully saturated rings. The first-order valence-electron chi connectivity index (χ1n) is 18.8. The van der Waals surface area contributed by atoms with Gasteiger partial charge >= 0.3 is 0 Å². The van der Waals surface area contributed by atoms with Crippen LogP contribution in [-0.2, 0) is 5.41 Å². The number of rotatable bonds is 5. The van der Waals surface area contributed by atoms with Gasteiger partial charge in [-0.1, -0.05) is 164 Å². The third-order valence-corrected chi connectivity index (χ3v) is 11.5. The summed E-state index contributed by atoms with van der Waals surface area (Å²) in [7, 11) is 0. The first-order valence-corrected chi connectivity index (χ1v) is 18.8. The van der Waals surface area contributed by atoms with Crippen LogP contribution in [0, 0.1) is 0 Å². The second kappa shape index (κ2) is 12.4. The minimum Gasteiger partial charge on any atom is -0.265 e. The Hall–Kier alpha value is -7.23. The summed E-state index contributed by atoms with van der Waals surface area (Å²) < 4.78 is 0. The zero-order valence-electron chi connectivity index (χ0n) is 29.9. The van der Waals surface area contributed by atoms with Crippen molar-refractivity contribution in [2.75, 3.05) is 0 Å². The van der Waals surface area contributed by atoms with E-state index in [0.717, 1.165) is 39.2 Å². The van der Waals surface area contributed by atoms with E-state index in [9.17, 15) is 0 Å². The van der Waals surface area contributed by atoms with Crippen LogP contribution in [0.15, 0.2) is 200 Å². The molecule has 0 saturated carbocycles. The van der Waals surface area contributed by atoms with E-state index < -0.39 is 0 Å². The van der Waals surface area contributed by atoms with Gasteiger partial charge in [0.2, 0.25) is 0 Å². The second-order valence-electron chi connectivity index (χ2n) is 14.4. The molecule has 0 atom stereocenters. The van der Waals surface area contributed by atoms with E-state index in [-0.39, 0.29) is 5.41 Å². The van der Waals surface area contributed by atoms with Gasteiger partial charge in [0.25, 0.3) is 0 Å². The summed E-state index contributed by atoms with van der Waals surface area (Å²) >= 11 is 0. The molecule has 0 N–H and O–H groups in total. The summed E-state index contributed by atoms with van der Waals surface area (Å²) in [5.74, 6) is 0.689. The van der Waals surface area contributed by atoms with Crippen LogP contribution in [0.3, 0.4) is 0 Å². The van der Waals surface area contributed by atoms with Crippen LogP contribution >= 0.6 is 0 Å². The number of aromatic nitrogens is 3. The lowest BCUT2D eigenvalue weighted by Gasteiger charge is -2.30. The maximum absolute atomic E-state index is 5.14. The van der Waals surface area contributed by atoms with E-state index in [1.807, 2.05) is 30.6 Å². The van der Waals surface area contributed by atoms with E-state index in [1.165, 1.54) is 55.6 Å². The smallest absolute Gasteiger partial charge is 0.160 e. The van der Waals surface area contributed by atoms with Crippen molar-refractivity contribution < 1.29 is 0 Å². The molecule has 2 aromatic heterocycles. The lowest BCUT2D eigenvalue weighted by atomic mass is 9.70. The van der Waals surface area contributed by atoms with E-state index in [2.05, 4.69) is 175 Å². The van der Waals surface area contributed by atoms with Gasteiger partial charge in [0.05, 0.1) is 16.8 Å². The van der Waals surface area contributed by atoms with Gasteiger partial charge in [-0.2, -0.15) is 0 Å². The van der Waals surface area contributed by atoms with Crippen LogP contribution in [0.1, 0.15) is 22.3 Å². The molecule has 0 amide bonds. The maximum atomic E-state index is 5.14. The highest BCUT2D eigenvalue weighted by atomic mass is 14.9. The average Bonchev–Trinajstić information content (AvgIpc) is 3.74. The van der Waals surface area contributed by atoms with Gasteiger partial charge in [-0.25, -0.2) is 9.97 Å². The Morgan fingerprint density at radius 3 is 1.29 bits per heavy atom. The van der Waals surface area contributed by atoms with Crippen molar-refractivity contribution >= 4 is 0 Å². The van der Waals surface area contributed by atoms with Crippen LogP contribution in [0.4, 0.5) is 0 Å². The van der Waals surface area contributed by atoms with E-state index in [4.69, 9.17) is 9.97 Å². The van der Waals surface area contributed by atoms with Crippen molar-refractivity contribution in [2.45, 2.75) is 5.41 Å². The van der Waals surface area contributed by atoms with Crippen molar-refractivity contribution in [3.8, 4) is 78.4 Å². The molecule has 0 aliphatic heterocycles. The van der Waals surface area contributed by atoms with Crippen LogP contribution in [0.2, 0.25) is 0 Å². The quantitative estimate of drug-likeness (QED) is 0.179.